The Morgan fingerprint density at radius 2 is 1.67 bits per heavy atom. The average Bonchev–Trinajstić information content (AvgIpc) is 2.29. The Hall–Kier alpha value is -0.0800. The van der Waals surface area contributed by atoms with E-state index in [1.54, 1.807) is 0 Å². The summed E-state index contributed by atoms with van der Waals surface area (Å²) in [5, 5.41) is 0. The van der Waals surface area contributed by atoms with Crippen molar-refractivity contribution in [2.75, 3.05) is 32.8 Å². The summed E-state index contributed by atoms with van der Waals surface area (Å²) in [5.74, 6) is 0. The molecule has 15 heavy (non-hydrogen) atoms. The molecule has 2 heteroatoms. The highest BCUT2D eigenvalue weighted by atomic mass is 16.5. The second kappa shape index (κ2) is 9.17. The molecule has 1 aliphatic rings. The summed E-state index contributed by atoms with van der Waals surface area (Å²) in [6.07, 6.45) is 9.29. The van der Waals surface area contributed by atoms with Crippen LogP contribution in [0.3, 0.4) is 0 Å². The minimum absolute atomic E-state index is 0.959. The van der Waals surface area contributed by atoms with Crippen LogP contribution in [0.5, 0.6) is 0 Å². The van der Waals surface area contributed by atoms with Gasteiger partial charge >= 0.3 is 0 Å². The van der Waals surface area contributed by atoms with Crippen molar-refractivity contribution in [3.8, 4) is 0 Å². The molecule has 90 valence electrons. The topological polar surface area (TPSA) is 12.5 Å². The third kappa shape index (κ3) is 6.91. The van der Waals surface area contributed by atoms with E-state index < -0.39 is 0 Å². The maximum Gasteiger partial charge on any atom is 0.0478 e. The normalized spacial score (nSPS) is 18.2. The lowest BCUT2D eigenvalue weighted by atomic mass is 10.1. The first kappa shape index (κ1) is 13.0. The van der Waals surface area contributed by atoms with Gasteiger partial charge in [0.25, 0.3) is 0 Å². The molecule has 0 unspecified atom stereocenters. The van der Waals surface area contributed by atoms with Gasteiger partial charge in [0.1, 0.15) is 0 Å². The molecule has 1 aliphatic heterocycles. The van der Waals surface area contributed by atoms with E-state index >= 15 is 0 Å². The maximum atomic E-state index is 5.60. The lowest BCUT2D eigenvalue weighted by Gasteiger charge is -2.26. The van der Waals surface area contributed by atoms with Crippen molar-refractivity contribution in [2.24, 2.45) is 0 Å². The Morgan fingerprint density at radius 1 is 0.933 bits per heavy atom. The second-order valence-electron chi connectivity index (χ2n) is 4.58. The van der Waals surface area contributed by atoms with Crippen LogP contribution < -0.4 is 0 Å². The van der Waals surface area contributed by atoms with Gasteiger partial charge in [-0.05, 0) is 38.8 Å². The summed E-state index contributed by atoms with van der Waals surface area (Å²) in [6.45, 7) is 8.03. The minimum atomic E-state index is 0.959. The second-order valence-corrected chi connectivity index (χ2v) is 4.58. The Morgan fingerprint density at radius 3 is 2.40 bits per heavy atom. The molecular weight excluding hydrogens is 186 g/mol. The number of ether oxygens (including phenoxy) is 1. The standard InChI is InChI=1S/C13H27NO/c1-2-3-7-12-15-13-8-11-14-9-5-4-6-10-14/h2-13H2,1H3. The molecule has 0 aromatic carbocycles. The first-order chi connectivity index (χ1) is 7.43. The lowest BCUT2D eigenvalue weighted by Crippen LogP contribution is -2.31. The highest BCUT2D eigenvalue weighted by molar-refractivity contribution is 4.63. The third-order valence-corrected chi connectivity index (χ3v) is 3.10. The number of likely N-dealkylation sites (tertiary alicyclic amines) is 1. The van der Waals surface area contributed by atoms with Gasteiger partial charge < -0.3 is 9.64 Å². The number of rotatable bonds is 8. The molecule has 0 spiro atoms. The van der Waals surface area contributed by atoms with Crippen LogP contribution in [0.15, 0.2) is 0 Å². The molecule has 0 aromatic rings. The molecule has 1 saturated heterocycles. The van der Waals surface area contributed by atoms with Gasteiger partial charge in [0, 0.05) is 19.8 Å². The molecule has 0 aromatic heterocycles. The molecule has 0 saturated carbocycles. The van der Waals surface area contributed by atoms with E-state index in [0.717, 1.165) is 13.2 Å². The van der Waals surface area contributed by atoms with Crippen LogP contribution in [0.25, 0.3) is 0 Å². The van der Waals surface area contributed by atoms with Crippen LogP contribution in [-0.4, -0.2) is 37.7 Å². The smallest absolute Gasteiger partial charge is 0.0478 e. The van der Waals surface area contributed by atoms with Crippen LogP contribution in [0, 0.1) is 0 Å². The number of piperidine rings is 1. The van der Waals surface area contributed by atoms with Gasteiger partial charge in [0.15, 0.2) is 0 Å². The van der Waals surface area contributed by atoms with E-state index in [9.17, 15) is 0 Å². The predicted molar refractivity (Wildman–Crippen MR) is 65.3 cm³/mol. The number of hydrogen-bond acceptors (Lipinski definition) is 2. The summed E-state index contributed by atoms with van der Waals surface area (Å²) >= 11 is 0. The van der Waals surface area contributed by atoms with E-state index in [4.69, 9.17) is 4.74 Å². The molecule has 0 radical (unpaired) electrons. The fraction of sp³-hybridized carbons (Fsp3) is 1.00. The number of nitrogens with zero attached hydrogens (tertiary/aromatic N) is 1. The summed E-state index contributed by atoms with van der Waals surface area (Å²) in [5.41, 5.74) is 0. The number of hydrogen-bond donors (Lipinski definition) is 0. The zero-order valence-electron chi connectivity index (χ0n) is 10.3. The summed E-state index contributed by atoms with van der Waals surface area (Å²) in [6, 6.07) is 0. The average molecular weight is 213 g/mol. The van der Waals surface area contributed by atoms with E-state index in [-0.39, 0.29) is 0 Å². The summed E-state index contributed by atoms with van der Waals surface area (Å²) < 4.78 is 5.60. The first-order valence-corrected chi connectivity index (χ1v) is 6.73. The van der Waals surface area contributed by atoms with Gasteiger partial charge in [-0.3, -0.25) is 0 Å². The molecule has 0 N–H and O–H groups in total. The SMILES string of the molecule is CCCCCOCCCN1CCCCC1. The van der Waals surface area contributed by atoms with Crippen LogP contribution >= 0.6 is 0 Å². The van der Waals surface area contributed by atoms with Crippen LogP contribution in [0.1, 0.15) is 51.9 Å². The minimum Gasteiger partial charge on any atom is -0.381 e. The van der Waals surface area contributed by atoms with Gasteiger partial charge in [-0.25, -0.2) is 0 Å². The fourth-order valence-electron chi connectivity index (χ4n) is 2.13. The Labute approximate surface area is 95.0 Å². The van der Waals surface area contributed by atoms with Gasteiger partial charge in [-0.2, -0.15) is 0 Å². The Balaban J connectivity index is 1.79. The van der Waals surface area contributed by atoms with Crippen molar-refractivity contribution >= 4 is 0 Å². The van der Waals surface area contributed by atoms with Gasteiger partial charge in [-0.15, -0.1) is 0 Å². The van der Waals surface area contributed by atoms with Crippen molar-refractivity contribution < 1.29 is 4.74 Å². The predicted octanol–water partition coefficient (Wildman–Crippen LogP) is 3.07. The Kier molecular flexibility index (Phi) is 7.94. The van der Waals surface area contributed by atoms with Gasteiger partial charge in [-0.1, -0.05) is 26.2 Å². The maximum absolute atomic E-state index is 5.60. The molecule has 1 fully saturated rings. The van der Waals surface area contributed by atoms with E-state index in [2.05, 4.69) is 11.8 Å². The highest BCUT2D eigenvalue weighted by Crippen LogP contribution is 2.08. The highest BCUT2D eigenvalue weighted by Gasteiger charge is 2.08. The molecule has 0 atom stereocenters. The molecule has 1 rings (SSSR count). The lowest BCUT2D eigenvalue weighted by molar-refractivity contribution is 0.114. The summed E-state index contributed by atoms with van der Waals surface area (Å²) in [7, 11) is 0. The zero-order chi connectivity index (χ0) is 10.8. The molecule has 1 heterocycles. The van der Waals surface area contributed by atoms with Crippen molar-refractivity contribution in [2.45, 2.75) is 51.9 Å². The molecular formula is C13H27NO. The van der Waals surface area contributed by atoms with E-state index in [0.29, 0.717) is 0 Å². The van der Waals surface area contributed by atoms with Crippen molar-refractivity contribution in [3.05, 3.63) is 0 Å². The quantitative estimate of drug-likeness (QED) is 0.575. The van der Waals surface area contributed by atoms with Gasteiger partial charge in [0.2, 0.25) is 0 Å². The van der Waals surface area contributed by atoms with Crippen LogP contribution in [-0.2, 0) is 4.74 Å². The summed E-state index contributed by atoms with van der Waals surface area (Å²) in [4.78, 5) is 2.58. The molecule has 2 nitrogen and oxygen atoms in total. The molecule has 0 bridgehead atoms. The van der Waals surface area contributed by atoms with E-state index in [1.165, 1.54) is 64.6 Å². The van der Waals surface area contributed by atoms with Crippen LogP contribution in [0.2, 0.25) is 0 Å². The monoisotopic (exact) mass is 213 g/mol. The zero-order valence-corrected chi connectivity index (χ0v) is 10.3. The van der Waals surface area contributed by atoms with Crippen LogP contribution in [0.4, 0.5) is 0 Å². The van der Waals surface area contributed by atoms with Crippen molar-refractivity contribution in [1.29, 1.82) is 0 Å². The van der Waals surface area contributed by atoms with Gasteiger partial charge in [0.05, 0.1) is 0 Å². The van der Waals surface area contributed by atoms with E-state index in [1.807, 2.05) is 0 Å². The third-order valence-electron chi connectivity index (χ3n) is 3.10. The Bertz CT molecular complexity index is 132. The largest absolute Gasteiger partial charge is 0.381 e. The fourth-order valence-corrected chi connectivity index (χ4v) is 2.13. The number of unbranched alkanes of at least 4 members (excludes halogenated alkanes) is 2. The van der Waals surface area contributed by atoms with Crippen molar-refractivity contribution in [1.82, 2.24) is 4.90 Å². The molecule has 0 aliphatic carbocycles. The first-order valence-electron chi connectivity index (χ1n) is 6.73. The van der Waals surface area contributed by atoms with Crippen molar-refractivity contribution in [3.63, 3.8) is 0 Å². The molecule has 0 amide bonds.